The first-order valence-corrected chi connectivity index (χ1v) is 12.0. The molecule has 1 aliphatic rings. The summed E-state index contributed by atoms with van der Waals surface area (Å²) in [5.74, 6) is 0.425. The van der Waals surface area contributed by atoms with Crippen molar-refractivity contribution in [2.75, 3.05) is 23.3 Å². The van der Waals surface area contributed by atoms with Crippen LogP contribution in [0.15, 0.2) is 47.2 Å². The normalized spacial score (nSPS) is 15.9. The highest BCUT2D eigenvalue weighted by molar-refractivity contribution is 9.10. The Kier molecular flexibility index (Phi) is 6.86. The second kappa shape index (κ2) is 9.68. The summed E-state index contributed by atoms with van der Waals surface area (Å²) in [4.78, 5) is 35.9. The topological polar surface area (TPSA) is 96.5 Å². The van der Waals surface area contributed by atoms with Crippen molar-refractivity contribution >= 4 is 55.9 Å². The number of aromatic nitrogens is 2. The highest BCUT2D eigenvalue weighted by Crippen LogP contribution is 2.32. The Morgan fingerprint density at radius 2 is 1.97 bits per heavy atom. The van der Waals surface area contributed by atoms with E-state index in [1.807, 2.05) is 45.0 Å². The Balaban J connectivity index is 1.66. The van der Waals surface area contributed by atoms with E-state index in [0.29, 0.717) is 29.3 Å². The van der Waals surface area contributed by atoms with Crippen molar-refractivity contribution in [3.63, 3.8) is 0 Å². The molecule has 1 fully saturated rings. The van der Waals surface area contributed by atoms with Crippen LogP contribution in [0.5, 0.6) is 0 Å². The molecular formula is C25H28BrN5O3. The molecule has 0 aliphatic carbocycles. The van der Waals surface area contributed by atoms with Gasteiger partial charge in [-0.2, -0.15) is 0 Å². The Bertz CT molecular complexity index is 1220. The summed E-state index contributed by atoms with van der Waals surface area (Å²) < 4.78 is 6.54. The van der Waals surface area contributed by atoms with Crippen molar-refractivity contribution in [3.05, 3.63) is 52.8 Å². The van der Waals surface area contributed by atoms with Crippen LogP contribution in [0.25, 0.3) is 10.9 Å². The maximum Gasteiger partial charge on any atom is 0.416 e. The fourth-order valence-electron chi connectivity index (χ4n) is 3.91. The van der Waals surface area contributed by atoms with Gasteiger partial charge in [0.1, 0.15) is 11.4 Å². The van der Waals surface area contributed by atoms with Gasteiger partial charge in [0.2, 0.25) is 0 Å². The van der Waals surface area contributed by atoms with E-state index in [9.17, 15) is 9.59 Å². The molecule has 34 heavy (non-hydrogen) atoms. The van der Waals surface area contributed by atoms with Gasteiger partial charge in [0.25, 0.3) is 0 Å². The minimum atomic E-state index is -0.609. The maximum absolute atomic E-state index is 13.0. The van der Waals surface area contributed by atoms with Crippen molar-refractivity contribution in [2.45, 2.75) is 45.8 Å². The van der Waals surface area contributed by atoms with Gasteiger partial charge in [-0.05, 0) is 71.0 Å². The number of Topliss-reactive ketones (excluding diaryl/α,β-unsaturated/α-hetero) is 1. The zero-order valence-electron chi connectivity index (χ0n) is 19.7. The lowest BCUT2D eigenvalue weighted by molar-refractivity contribution is 0.0566. The summed E-state index contributed by atoms with van der Waals surface area (Å²) in [7, 11) is 0. The molecule has 0 saturated carbocycles. The van der Waals surface area contributed by atoms with Crippen LogP contribution in [0, 0.1) is 0 Å². The molecule has 9 heteroatoms. The van der Waals surface area contributed by atoms with Crippen molar-refractivity contribution in [2.24, 2.45) is 0 Å². The largest absolute Gasteiger partial charge is 0.443 e. The Hall–Kier alpha value is -3.04. The number of fused-ring (bicyclic) bond motifs is 1. The first-order chi connectivity index (χ1) is 16.1. The number of hydrogen-bond acceptors (Lipinski definition) is 7. The van der Waals surface area contributed by atoms with Crippen LogP contribution in [0.4, 0.5) is 22.0 Å². The number of nitrogens with zero attached hydrogens (tertiary/aromatic N) is 3. The first kappa shape index (κ1) is 24.1. The van der Waals surface area contributed by atoms with Gasteiger partial charge in [0.15, 0.2) is 5.78 Å². The van der Waals surface area contributed by atoms with Crippen LogP contribution in [0.2, 0.25) is 0 Å². The van der Waals surface area contributed by atoms with Gasteiger partial charge < -0.3 is 15.4 Å². The molecule has 178 valence electrons. The quantitative estimate of drug-likeness (QED) is 0.428. The Labute approximate surface area is 207 Å². The fourth-order valence-corrected chi connectivity index (χ4v) is 4.27. The molecule has 4 rings (SSSR count). The molecule has 0 spiro atoms. The van der Waals surface area contributed by atoms with E-state index in [1.165, 1.54) is 6.92 Å². The standard InChI is InChI=1S/C25H28BrN5O3/c1-15(32)20-14-28-21-7-5-16(26)11-19(21)23(20)30-17-6-8-22(29-12-17)31(18-9-10-27-13-18)24(33)34-25(2,3)4/h5-8,11-12,14,18,27H,9-10,13H2,1-4H3,(H,28,30). The first-order valence-electron chi connectivity index (χ1n) is 11.2. The molecule has 1 atom stereocenters. The van der Waals surface area contributed by atoms with Crippen molar-refractivity contribution in [3.8, 4) is 0 Å². The van der Waals surface area contributed by atoms with Gasteiger partial charge in [-0.15, -0.1) is 0 Å². The Morgan fingerprint density at radius 1 is 1.18 bits per heavy atom. The smallest absolute Gasteiger partial charge is 0.416 e. The van der Waals surface area contributed by atoms with E-state index < -0.39 is 11.7 Å². The third-order valence-electron chi connectivity index (χ3n) is 5.46. The molecule has 2 aromatic heterocycles. The number of rotatable bonds is 5. The van der Waals surface area contributed by atoms with Gasteiger partial charge in [-0.3, -0.25) is 14.7 Å². The number of halogens is 1. The van der Waals surface area contributed by atoms with Crippen molar-refractivity contribution in [1.29, 1.82) is 0 Å². The molecule has 2 N–H and O–H groups in total. The number of benzene rings is 1. The van der Waals surface area contributed by atoms with E-state index in [1.54, 1.807) is 23.4 Å². The van der Waals surface area contributed by atoms with Crippen LogP contribution in [0.3, 0.4) is 0 Å². The molecule has 1 saturated heterocycles. The van der Waals surface area contributed by atoms with Gasteiger partial charge in [-0.1, -0.05) is 15.9 Å². The maximum atomic E-state index is 13.0. The average Bonchev–Trinajstić information content (AvgIpc) is 3.28. The average molecular weight is 526 g/mol. The minimum Gasteiger partial charge on any atom is -0.443 e. The van der Waals surface area contributed by atoms with Crippen molar-refractivity contribution < 1.29 is 14.3 Å². The molecule has 0 radical (unpaired) electrons. The number of anilines is 3. The predicted octanol–water partition coefficient (Wildman–Crippen LogP) is 5.44. The van der Waals surface area contributed by atoms with E-state index in [-0.39, 0.29) is 11.8 Å². The molecule has 8 nitrogen and oxygen atoms in total. The lowest BCUT2D eigenvalue weighted by Crippen LogP contribution is -2.45. The number of pyridine rings is 2. The monoisotopic (exact) mass is 525 g/mol. The third-order valence-corrected chi connectivity index (χ3v) is 5.96. The second-order valence-corrected chi connectivity index (χ2v) is 10.2. The molecule has 1 aromatic carbocycles. The zero-order valence-corrected chi connectivity index (χ0v) is 21.3. The summed E-state index contributed by atoms with van der Waals surface area (Å²) in [5, 5.41) is 7.45. The number of carbonyl (C=O) groups excluding carboxylic acids is 2. The van der Waals surface area contributed by atoms with E-state index >= 15 is 0 Å². The number of ketones is 1. The highest BCUT2D eigenvalue weighted by atomic mass is 79.9. The summed E-state index contributed by atoms with van der Waals surface area (Å²) >= 11 is 3.50. The SMILES string of the molecule is CC(=O)c1cnc2ccc(Br)cc2c1Nc1ccc(N(C(=O)OC(C)(C)C)C2CCNC2)nc1. The van der Waals surface area contributed by atoms with Gasteiger partial charge in [0, 0.05) is 22.6 Å². The summed E-state index contributed by atoms with van der Waals surface area (Å²) in [6.07, 6.45) is 3.64. The number of ether oxygens (including phenoxy) is 1. The van der Waals surface area contributed by atoms with Crippen LogP contribution in [-0.4, -0.2) is 46.6 Å². The second-order valence-electron chi connectivity index (χ2n) is 9.29. The molecule has 3 aromatic rings. The van der Waals surface area contributed by atoms with Crippen LogP contribution in [-0.2, 0) is 4.74 Å². The van der Waals surface area contributed by atoms with Crippen molar-refractivity contribution in [1.82, 2.24) is 15.3 Å². The zero-order chi connectivity index (χ0) is 24.5. The van der Waals surface area contributed by atoms with Gasteiger partial charge >= 0.3 is 6.09 Å². The summed E-state index contributed by atoms with van der Waals surface area (Å²) in [5.41, 5.74) is 2.00. The summed E-state index contributed by atoms with van der Waals surface area (Å²) in [6, 6.07) is 9.33. The van der Waals surface area contributed by atoms with E-state index in [2.05, 4.69) is 36.5 Å². The van der Waals surface area contributed by atoms with E-state index in [0.717, 1.165) is 28.3 Å². The molecule has 1 aliphatic heterocycles. The molecule has 0 bridgehead atoms. The number of carbonyl (C=O) groups is 2. The lowest BCUT2D eigenvalue weighted by Gasteiger charge is -2.30. The van der Waals surface area contributed by atoms with Gasteiger partial charge in [0.05, 0.1) is 34.7 Å². The number of nitrogens with one attached hydrogen (secondary N) is 2. The summed E-state index contributed by atoms with van der Waals surface area (Å²) in [6.45, 7) is 8.58. The molecule has 3 heterocycles. The molecular weight excluding hydrogens is 498 g/mol. The third kappa shape index (κ3) is 5.37. The van der Waals surface area contributed by atoms with Crippen LogP contribution < -0.4 is 15.5 Å². The Morgan fingerprint density at radius 3 is 2.59 bits per heavy atom. The highest BCUT2D eigenvalue weighted by Gasteiger charge is 2.32. The molecule has 1 amide bonds. The van der Waals surface area contributed by atoms with Gasteiger partial charge in [-0.25, -0.2) is 9.78 Å². The number of amides is 1. The molecule has 1 unspecified atom stereocenters. The fraction of sp³-hybridized carbons (Fsp3) is 0.360. The lowest BCUT2D eigenvalue weighted by atomic mass is 10.1. The van der Waals surface area contributed by atoms with Crippen LogP contribution >= 0.6 is 15.9 Å². The van der Waals surface area contributed by atoms with E-state index in [4.69, 9.17) is 4.74 Å². The number of hydrogen-bond donors (Lipinski definition) is 2. The van der Waals surface area contributed by atoms with Crippen LogP contribution in [0.1, 0.15) is 44.5 Å². The minimum absolute atomic E-state index is 0.0352. The predicted molar refractivity (Wildman–Crippen MR) is 137 cm³/mol.